The second-order valence-corrected chi connectivity index (χ2v) is 10.4. The van der Waals surface area contributed by atoms with Crippen molar-refractivity contribution in [3.05, 3.63) is 40.4 Å². The van der Waals surface area contributed by atoms with Gasteiger partial charge >= 0.3 is 6.03 Å². The summed E-state index contributed by atoms with van der Waals surface area (Å²) < 4.78 is 18.6. The number of anilines is 2. The summed E-state index contributed by atoms with van der Waals surface area (Å²) in [6, 6.07) is 3.04. The van der Waals surface area contributed by atoms with E-state index in [4.69, 9.17) is 43.1 Å². The topological polar surface area (TPSA) is 141 Å². The first kappa shape index (κ1) is 27.8. The molecule has 1 saturated heterocycles. The fraction of sp³-hybridized carbons (Fsp3) is 0.520. The third-order valence-electron chi connectivity index (χ3n) is 6.47. The molecule has 1 aliphatic carbocycles. The summed E-state index contributed by atoms with van der Waals surface area (Å²) >= 11 is 12.2. The molecule has 0 aromatic carbocycles. The van der Waals surface area contributed by atoms with E-state index >= 15 is 0 Å². The van der Waals surface area contributed by atoms with E-state index in [1.54, 1.807) is 22.8 Å². The molecule has 5 rings (SSSR count). The van der Waals surface area contributed by atoms with E-state index in [9.17, 15) is 4.79 Å². The van der Waals surface area contributed by atoms with Crippen LogP contribution in [0.5, 0.6) is 5.88 Å². The van der Waals surface area contributed by atoms with Crippen LogP contribution in [0, 0.1) is 0 Å². The number of nitrogens with two attached hydrogens (primary N) is 1. The third kappa shape index (κ3) is 7.68. The van der Waals surface area contributed by atoms with Crippen molar-refractivity contribution in [2.24, 2.45) is 5.73 Å². The zero-order valence-corrected chi connectivity index (χ0v) is 23.0. The highest BCUT2D eigenvalue weighted by atomic mass is 35.5. The number of amides is 2. The van der Waals surface area contributed by atoms with Crippen molar-refractivity contribution < 1.29 is 19.0 Å². The van der Waals surface area contributed by atoms with E-state index in [1.165, 1.54) is 6.20 Å². The summed E-state index contributed by atoms with van der Waals surface area (Å²) in [6.45, 7) is 5.03. The Morgan fingerprint density at radius 3 is 2.54 bits per heavy atom. The molecule has 2 aliphatic rings. The molecule has 4 heterocycles. The summed E-state index contributed by atoms with van der Waals surface area (Å²) in [5.74, 6) is 0.510. The summed E-state index contributed by atoms with van der Waals surface area (Å²) in [5.41, 5.74) is 8.29. The highest BCUT2D eigenvalue weighted by molar-refractivity contribution is 6.31. The Hall–Kier alpha value is -2.74. The number of hydrogen-bond donors (Lipinski definition) is 3. The molecule has 0 radical (unpaired) electrons. The van der Waals surface area contributed by atoms with E-state index < -0.39 is 6.03 Å². The predicted molar refractivity (Wildman–Crippen MR) is 148 cm³/mol. The lowest BCUT2D eigenvalue weighted by Gasteiger charge is -2.15. The van der Waals surface area contributed by atoms with Crippen LogP contribution in [0.4, 0.5) is 16.2 Å². The summed E-state index contributed by atoms with van der Waals surface area (Å²) in [4.78, 5) is 23.8. The third-order valence-corrected chi connectivity index (χ3v) is 6.86. The molecule has 2 fully saturated rings. The van der Waals surface area contributed by atoms with Gasteiger partial charge in [0.05, 0.1) is 49.0 Å². The van der Waals surface area contributed by atoms with Crippen LogP contribution in [-0.4, -0.2) is 89.2 Å². The number of likely N-dealkylation sites (tertiary alicyclic amines) is 1. The number of carbonyl (C=O) groups excluding carboxylic acids is 1. The summed E-state index contributed by atoms with van der Waals surface area (Å²) in [7, 11) is 0. The first-order chi connectivity index (χ1) is 19.0. The van der Waals surface area contributed by atoms with Gasteiger partial charge in [-0.3, -0.25) is 4.90 Å². The number of aromatic nitrogens is 4. The minimum atomic E-state index is -0.491. The Morgan fingerprint density at radius 1 is 1.00 bits per heavy atom. The SMILES string of the molecule is N[C@@H]1CCN(CCOCCOCCOc2ncc(Cl)cc2NC(=O)Nc2cnc3cc(Cl)nn3c2C2CC2)C1. The number of fused-ring (bicyclic) bond motifs is 1. The zero-order valence-electron chi connectivity index (χ0n) is 21.4. The second kappa shape index (κ2) is 13.1. The summed E-state index contributed by atoms with van der Waals surface area (Å²) in [6.07, 6.45) is 6.12. The van der Waals surface area contributed by atoms with Gasteiger partial charge in [-0.15, -0.1) is 0 Å². The van der Waals surface area contributed by atoms with Crippen LogP contribution >= 0.6 is 23.2 Å². The largest absolute Gasteiger partial charge is 0.474 e. The van der Waals surface area contributed by atoms with Crippen molar-refractivity contribution in [3.8, 4) is 5.88 Å². The second-order valence-electron chi connectivity index (χ2n) is 9.58. The Labute approximate surface area is 236 Å². The van der Waals surface area contributed by atoms with E-state index in [0.717, 1.165) is 44.6 Å². The molecule has 12 nitrogen and oxygen atoms in total. The predicted octanol–water partition coefficient (Wildman–Crippen LogP) is 3.40. The van der Waals surface area contributed by atoms with Gasteiger partial charge in [-0.25, -0.2) is 19.3 Å². The minimum absolute atomic E-state index is 0.230. The van der Waals surface area contributed by atoms with Gasteiger partial charge in [-0.1, -0.05) is 23.2 Å². The smallest absolute Gasteiger partial charge is 0.323 e. The Balaban J connectivity index is 1.07. The van der Waals surface area contributed by atoms with E-state index in [1.807, 2.05) is 0 Å². The van der Waals surface area contributed by atoms with Gasteiger partial charge in [-0.2, -0.15) is 5.10 Å². The summed E-state index contributed by atoms with van der Waals surface area (Å²) in [5, 5.41) is 10.6. The normalized spacial score (nSPS) is 17.6. The van der Waals surface area contributed by atoms with E-state index in [-0.39, 0.29) is 24.4 Å². The molecule has 4 N–H and O–H groups in total. The average molecular weight is 579 g/mol. The molecule has 3 aromatic rings. The Kier molecular flexibility index (Phi) is 9.32. The van der Waals surface area contributed by atoms with Crippen molar-refractivity contribution in [2.45, 2.75) is 31.2 Å². The maximum atomic E-state index is 12.9. The molecule has 14 heteroatoms. The average Bonchev–Trinajstić information content (AvgIpc) is 3.54. The molecular formula is C25H32Cl2N8O4. The van der Waals surface area contributed by atoms with Crippen LogP contribution in [-0.2, 0) is 9.47 Å². The van der Waals surface area contributed by atoms with Gasteiger partial charge < -0.3 is 30.6 Å². The Bertz CT molecular complexity index is 1290. The maximum absolute atomic E-state index is 12.9. The fourth-order valence-corrected chi connectivity index (χ4v) is 4.79. The molecule has 0 unspecified atom stereocenters. The van der Waals surface area contributed by atoms with Crippen LogP contribution in [0.1, 0.15) is 30.9 Å². The molecule has 0 bridgehead atoms. The van der Waals surface area contributed by atoms with Crippen molar-refractivity contribution in [1.82, 2.24) is 24.5 Å². The van der Waals surface area contributed by atoms with Crippen LogP contribution in [0.25, 0.3) is 5.65 Å². The number of nitrogens with zero attached hydrogens (tertiary/aromatic N) is 5. The number of pyridine rings is 1. The van der Waals surface area contributed by atoms with Gasteiger partial charge in [-0.05, 0) is 31.9 Å². The van der Waals surface area contributed by atoms with Crippen molar-refractivity contribution >= 4 is 46.3 Å². The molecule has 210 valence electrons. The maximum Gasteiger partial charge on any atom is 0.323 e. The van der Waals surface area contributed by atoms with Crippen LogP contribution in [0.2, 0.25) is 10.2 Å². The van der Waals surface area contributed by atoms with E-state index in [2.05, 4.69) is 30.6 Å². The standard InChI is InChI=1S/C25H32Cl2N8O4/c26-17-11-19(24(30-13-17)39-10-9-38-8-7-37-6-5-34-4-3-18(28)15-34)31-25(36)32-20-14-29-22-12-21(27)33-35(22)23(20)16-1-2-16/h11-14,16,18H,1-10,15,28H2,(H2,31,32,36)/t18-/m1/s1. The quantitative estimate of drug-likeness (QED) is 0.260. The molecule has 1 aliphatic heterocycles. The van der Waals surface area contributed by atoms with Crippen LogP contribution < -0.4 is 21.1 Å². The van der Waals surface area contributed by atoms with Gasteiger partial charge in [0.15, 0.2) is 10.8 Å². The number of nitrogens with one attached hydrogen (secondary N) is 2. The first-order valence-electron chi connectivity index (χ1n) is 13.0. The molecule has 1 atom stereocenters. The lowest BCUT2D eigenvalue weighted by Crippen LogP contribution is -2.29. The minimum Gasteiger partial charge on any atom is -0.474 e. The monoisotopic (exact) mass is 578 g/mol. The number of ether oxygens (including phenoxy) is 3. The molecule has 0 spiro atoms. The number of carbonyl (C=O) groups is 1. The van der Waals surface area contributed by atoms with Gasteiger partial charge in [0, 0.05) is 37.3 Å². The fourth-order valence-electron chi connectivity index (χ4n) is 4.46. The molecule has 2 amide bonds. The zero-order chi connectivity index (χ0) is 27.2. The number of rotatable bonds is 13. The number of hydrogen-bond acceptors (Lipinski definition) is 9. The van der Waals surface area contributed by atoms with E-state index in [0.29, 0.717) is 53.6 Å². The molecule has 39 heavy (non-hydrogen) atoms. The van der Waals surface area contributed by atoms with Gasteiger partial charge in [0.1, 0.15) is 12.3 Å². The number of urea groups is 1. The van der Waals surface area contributed by atoms with Gasteiger partial charge in [0.25, 0.3) is 0 Å². The van der Waals surface area contributed by atoms with Crippen LogP contribution in [0.3, 0.4) is 0 Å². The Morgan fingerprint density at radius 2 is 1.77 bits per heavy atom. The molecule has 3 aromatic heterocycles. The molecule has 1 saturated carbocycles. The highest BCUT2D eigenvalue weighted by Crippen LogP contribution is 2.43. The van der Waals surface area contributed by atoms with Gasteiger partial charge in [0.2, 0.25) is 5.88 Å². The van der Waals surface area contributed by atoms with Crippen LogP contribution in [0.15, 0.2) is 24.5 Å². The molecular weight excluding hydrogens is 547 g/mol. The first-order valence-corrected chi connectivity index (χ1v) is 13.8. The lowest BCUT2D eigenvalue weighted by molar-refractivity contribution is 0.0305. The highest BCUT2D eigenvalue weighted by Gasteiger charge is 2.30. The lowest BCUT2D eigenvalue weighted by atomic mass is 10.2. The van der Waals surface area contributed by atoms with Crippen molar-refractivity contribution in [2.75, 3.05) is 63.3 Å². The number of halogens is 2. The van der Waals surface area contributed by atoms with Crippen molar-refractivity contribution in [3.63, 3.8) is 0 Å². The van der Waals surface area contributed by atoms with Crippen molar-refractivity contribution in [1.29, 1.82) is 0 Å².